The molecule has 0 bridgehead atoms. The van der Waals surface area contributed by atoms with E-state index in [9.17, 15) is 13.2 Å². The van der Waals surface area contributed by atoms with Gasteiger partial charge in [0, 0.05) is 29.7 Å². The van der Waals surface area contributed by atoms with Gasteiger partial charge in [-0.2, -0.15) is 4.31 Å². The number of rotatable bonds is 6. The van der Waals surface area contributed by atoms with Crippen molar-refractivity contribution in [2.45, 2.75) is 37.5 Å². The van der Waals surface area contributed by atoms with Crippen molar-refractivity contribution in [3.63, 3.8) is 0 Å². The first-order valence-corrected chi connectivity index (χ1v) is 12.7. The van der Waals surface area contributed by atoms with Gasteiger partial charge in [-0.3, -0.25) is 4.79 Å². The number of carbonyl (C=O) groups excluding carboxylic acids is 1. The van der Waals surface area contributed by atoms with Gasteiger partial charge in [-0.25, -0.2) is 13.4 Å². The topological polar surface area (TPSA) is 79.4 Å². The Kier molecular flexibility index (Phi) is 6.50. The fourth-order valence-electron chi connectivity index (χ4n) is 3.58. The predicted molar refractivity (Wildman–Crippen MR) is 124 cm³/mol. The van der Waals surface area contributed by atoms with Crippen LogP contribution in [0, 0.1) is 6.92 Å². The molecule has 162 valence electrons. The van der Waals surface area contributed by atoms with Crippen molar-refractivity contribution in [3.05, 3.63) is 65.2 Å². The molecule has 1 aliphatic rings. The number of carbonyl (C=O) groups is 1. The highest BCUT2D eigenvalue weighted by atomic mass is 32.2. The molecule has 1 N–H and O–H groups in total. The summed E-state index contributed by atoms with van der Waals surface area (Å²) in [4.78, 5) is 17.3. The monoisotopic (exact) mass is 455 g/mol. The molecule has 1 amide bonds. The van der Waals surface area contributed by atoms with Gasteiger partial charge in [-0.15, -0.1) is 11.3 Å². The third-order valence-corrected chi connectivity index (χ3v) is 8.10. The summed E-state index contributed by atoms with van der Waals surface area (Å²) in [6.45, 7) is 3.13. The van der Waals surface area contributed by atoms with Crippen LogP contribution in [0.5, 0.6) is 0 Å². The molecule has 1 saturated heterocycles. The number of aromatic nitrogens is 1. The average Bonchev–Trinajstić information content (AvgIpc) is 3.23. The third kappa shape index (κ3) is 5.20. The predicted octanol–water partition coefficient (Wildman–Crippen LogP) is 4.47. The number of sulfonamides is 1. The van der Waals surface area contributed by atoms with Crippen LogP contribution in [0.25, 0.3) is 10.6 Å². The molecule has 8 heteroatoms. The molecule has 3 aromatic rings. The zero-order chi connectivity index (χ0) is 21.8. The lowest BCUT2D eigenvalue weighted by molar-refractivity contribution is -0.115. The van der Waals surface area contributed by atoms with Crippen molar-refractivity contribution in [3.8, 4) is 10.6 Å². The van der Waals surface area contributed by atoms with Gasteiger partial charge in [0.15, 0.2) is 0 Å². The van der Waals surface area contributed by atoms with Crippen molar-refractivity contribution in [1.82, 2.24) is 9.29 Å². The number of thiazole rings is 1. The molecule has 0 aliphatic carbocycles. The highest BCUT2D eigenvalue weighted by Gasteiger charge is 2.26. The zero-order valence-electron chi connectivity index (χ0n) is 17.4. The number of hydrogen-bond acceptors (Lipinski definition) is 5. The van der Waals surface area contributed by atoms with E-state index in [0.29, 0.717) is 24.5 Å². The van der Waals surface area contributed by atoms with Crippen LogP contribution in [0.4, 0.5) is 5.69 Å². The molecule has 2 heterocycles. The van der Waals surface area contributed by atoms with Crippen LogP contribution >= 0.6 is 11.3 Å². The van der Waals surface area contributed by atoms with Gasteiger partial charge < -0.3 is 5.32 Å². The maximum atomic E-state index is 12.9. The largest absolute Gasteiger partial charge is 0.326 e. The normalized spacial score (nSPS) is 15.0. The number of anilines is 1. The Labute approximate surface area is 187 Å². The van der Waals surface area contributed by atoms with Crippen molar-refractivity contribution >= 4 is 33.0 Å². The van der Waals surface area contributed by atoms with Gasteiger partial charge in [0.05, 0.1) is 17.0 Å². The second-order valence-corrected chi connectivity index (χ2v) is 10.5. The molecule has 0 spiro atoms. The van der Waals surface area contributed by atoms with E-state index in [1.54, 1.807) is 18.2 Å². The van der Waals surface area contributed by atoms with Gasteiger partial charge >= 0.3 is 0 Å². The van der Waals surface area contributed by atoms with E-state index in [1.165, 1.54) is 27.3 Å². The first-order valence-electron chi connectivity index (χ1n) is 10.3. The number of nitrogens with one attached hydrogen (secondary N) is 1. The van der Waals surface area contributed by atoms with E-state index in [1.807, 2.05) is 36.6 Å². The minimum Gasteiger partial charge on any atom is -0.326 e. The van der Waals surface area contributed by atoms with Crippen molar-refractivity contribution in [1.29, 1.82) is 0 Å². The SMILES string of the molecule is Cc1ccc(-c2nc(CC(=O)Nc3cccc(S(=O)(=O)N4CCCCC4)c3)cs2)cc1. The standard InChI is InChI=1S/C23H25N3O3S2/c1-17-8-10-18(11-9-17)23-25-20(16-30-23)15-22(27)24-19-6-5-7-21(14-19)31(28,29)26-12-3-2-4-13-26/h5-11,14,16H,2-4,12-13,15H2,1H3,(H,24,27). The quantitative estimate of drug-likeness (QED) is 0.595. The molecular formula is C23H25N3O3S2. The summed E-state index contributed by atoms with van der Waals surface area (Å²) >= 11 is 1.50. The lowest BCUT2D eigenvalue weighted by Gasteiger charge is -2.26. The molecule has 0 radical (unpaired) electrons. The smallest absolute Gasteiger partial charge is 0.243 e. The van der Waals surface area contributed by atoms with Gasteiger partial charge in [-0.05, 0) is 38.0 Å². The molecule has 0 saturated carbocycles. The summed E-state index contributed by atoms with van der Waals surface area (Å²) in [6, 6.07) is 14.6. The van der Waals surface area contributed by atoms with Crippen LogP contribution < -0.4 is 5.32 Å². The molecule has 31 heavy (non-hydrogen) atoms. The first kappa shape index (κ1) is 21.7. The molecule has 1 fully saturated rings. The maximum Gasteiger partial charge on any atom is 0.243 e. The van der Waals surface area contributed by atoms with E-state index in [2.05, 4.69) is 10.3 Å². The van der Waals surface area contributed by atoms with Crippen LogP contribution in [-0.4, -0.2) is 36.7 Å². The summed E-state index contributed by atoms with van der Waals surface area (Å²) in [5.74, 6) is -0.228. The molecule has 1 aromatic heterocycles. The van der Waals surface area contributed by atoms with Crippen LogP contribution in [0.1, 0.15) is 30.5 Å². The Bertz CT molecular complexity index is 1160. The first-order chi connectivity index (χ1) is 14.9. The Morgan fingerprint density at radius 3 is 2.58 bits per heavy atom. The van der Waals surface area contributed by atoms with E-state index < -0.39 is 10.0 Å². The third-order valence-electron chi connectivity index (χ3n) is 5.26. The Morgan fingerprint density at radius 2 is 1.84 bits per heavy atom. The fraction of sp³-hybridized carbons (Fsp3) is 0.304. The van der Waals surface area contributed by atoms with E-state index in [-0.39, 0.29) is 17.2 Å². The van der Waals surface area contributed by atoms with Crippen molar-refractivity contribution in [2.24, 2.45) is 0 Å². The molecule has 4 rings (SSSR count). The second-order valence-electron chi connectivity index (χ2n) is 7.73. The molecule has 2 aromatic carbocycles. The molecular weight excluding hydrogens is 430 g/mol. The van der Waals surface area contributed by atoms with Crippen LogP contribution in [0.3, 0.4) is 0 Å². The van der Waals surface area contributed by atoms with Crippen LogP contribution in [-0.2, 0) is 21.2 Å². The summed E-state index contributed by atoms with van der Waals surface area (Å²) in [5, 5.41) is 5.56. The van der Waals surface area contributed by atoms with E-state index >= 15 is 0 Å². The van der Waals surface area contributed by atoms with E-state index in [0.717, 1.165) is 29.8 Å². The summed E-state index contributed by atoms with van der Waals surface area (Å²) in [5.41, 5.74) is 3.37. The second kappa shape index (κ2) is 9.30. The Morgan fingerprint density at radius 1 is 1.10 bits per heavy atom. The van der Waals surface area contributed by atoms with E-state index in [4.69, 9.17) is 0 Å². The Balaban J connectivity index is 1.42. The molecule has 1 aliphatic heterocycles. The highest BCUT2D eigenvalue weighted by molar-refractivity contribution is 7.89. The summed E-state index contributed by atoms with van der Waals surface area (Å²) in [6.07, 6.45) is 2.96. The fourth-order valence-corrected chi connectivity index (χ4v) is 5.96. The lowest BCUT2D eigenvalue weighted by atomic mass is 10.2. The molecule has 0 atom stereocenters. The number of nitrogens with zero attached hydrogens (tertiary/aromatic N) is 2. The van der Waals surface area contributed by atoms with Gasteiger partial charge in [0.25, 0.3) is 0 Å². The van der Waals surface area contributed by atoms with Crippen LogP contribution in [0.15, 0.2) is 58.8 Å². The number of piperidine rings is 1. The van der Waals surface area contributed by atoms with Crippen molar-refractivity contribution in [2.75, 3.05) is 18.4 Å². The minimum absolute atomic E-state index is 0.130. The maximum absolute atomic E-state index is 12.9. The molecule has 6 nitrogen and oxygen atoms in total. The van der Waals surface area contributed by atoms with Gasteiger partial charge in [0.1, 0.15) is 5.01 Å². The average molecular weight is 456 g/mol. The van der Waals surface area contributed by atoms with Crippen LogP contribution in [0.2, 0.25) is 0 Å². The molecule has 0 unspecified atom stereocenters. The number of hydrogen-bond donors (Lipinski definition) is 1. The Hall–Kier alpha value is -2.55. The van der Waals surface area contributed by atoms with Crippen molar-refractivity contribution < 1.29 is 13.2 Å². The van der Waals surface area contributed by atoms with Gasteiger partial charge in [0.2, 0.25) is 15.9 Å². The summed E-state index contributed by atoms with van der Waals surface area (Å²) < 4.78 is 27.3. The number of aryl methyl sites for hydroxylation is 1. The minimum atomic E-state index is -3.54. The number of amides is 1. The van der Waals surface area contributed by atoms with Gasteiger partial charge in [-0.1, -0.05) is 42.3 Å². The highest BCUT2D eigenvalue weighted by Crippen LogP contribution is 2.25. The summed E-state index contributed by atoms with van der Waals surface area (Å²) in [7, 11) is -3.54. The lowest BCUT2D eigenvalue weighted by Crippen LogP contribution is -2.35. The number of benzene rings is 2. The zero-order valence-corrected chi connectivity index (χ0v) is 19.0.